The first kappa shape index (κ1) is 58.9. The summed E-state index contributed by atoms with van der Waals surface area (Å²) >= 11 is 0. The molecule has 0 aromatic rings. The molecule has 0 saturated carbocycles. The average molecular weight is 894 g/mol. The van der Waals surface area contributed by atoms with Crippen molar-refractivity contribution >= 4 is 11.9 Å². The van der Waals surface area contributed by atoms with Crippen LogP contribution in [0.1, 0.15) is 220 Å². The zero-order chi connectivity index (χ0) is 46.2. The summed E-state index contributed by atoms with van der Waals surface area (Å²) in [5, 5.41) is 56.4. The molecule has 63 heavy (non-hydrogen) atoms. The number of nitrogens with one attached hydrogen (secondary N) is 1. The minimum Gasteiger partial charge on any atom is -0.454 e. The Kier molecular flexibility index (Phi) is 38.6. The van der Waals surface area contributed by atoms with E-state index in [9.17, 15) is 35.1 Å². The quantitative estimate of drug-likeness (QED) is 0.0197. The van der Waals surface area contributed by atoms with Crippen LogP contribution in [0.15, 0.2) is 36.5 Å². The molecule has 0 aromatic carbocycles. The summed E-state index contributed by atoms with van der Waals surface area (Å²) in [7, 11) is 0. The van der Waals surface area contributed by atoms with Gasteiger partial charge in [-0.05, 0) is 70.6 Å². The number of amides is 1. The summed E-state index contributed by atoms with van der Waals surface area (Å²) in [4.78, 5) is 26.3. The zero-order valence-corrected chi connectivity index (χ0v) is 40.2. The molecule has 6 N–H and O–H groups in total. The van der Waals surface area contributed by atoms with Crippen LogP contribution in [0.25, 0.3) is 0 Å². The Morgan fingerprint density at radius 3 is 1.59 bits per heavy atom. The lowest BCUT2D eigenvalue weighted by molar-refractivity contribution is -0.305. The summed E-state index contributed by atoms with van der Waals surface area (Å²) in [6.07, 6.45) is 34.9. The fourth-order valence-corrected chi connectivity index (χ4v) is 7.80. The van der Waals surface area contributed by atoms with Gasteiger partial charge in [-0.25, -0.2) is 0 Å². The molecule has 368 valence electrons. The molecular formula is C52H95NO10. The van der Waals surface area contributed by atoms with E-state index >= 15 is 0 Å². The van der Waals surface area contributed by atoms with Gasteiger partial charge < -0.3 is 45.1 Å². The number of aliphatic hydroxyl groups is 5. The Morgan fingerprint density at radius 1 is 0.603 bits per heavy atom. The molecule has 1 saturated heterocycles. The van der Waals surface area contributed by atoms with Crippen LogP contribution in [-0.2, 0) is 23.8 Å². The van der Waals surface area contributed by atoms with Crippen molar-refractivity contribution in [3.05, 3.63) is 36.5 Å². The molecule has 0 aromatic heterocycles. The van der Waals surface area contributed by atoms with E-state index in [1.54, 1.807) is 6.08 Å². The van der Waals surface area contributed by atoms with Gasteiger partial charge in [0.05, 0.1) is 25.4 Å². The molecule has 1 aliphatic heterocycles. The standard InChI is InChI=1S/C52H95NO10/c1-4-7-10-13-16-19-22-25-27-30-33-36-39-45(56)51(60)53-43(44(55)38-35-32-29-26-23-20-17-14-11-8-5-2)42-61-52-50(49(59)48(58)46(41-54)62-52)63-47(57)40-37-34-31-28-24-21-18-15-12-9-6-3/h15,18,25,27,35,38,43-46,48-50,52,54-56,58-59H,4-14,16-17,19-24,26,28-34,36-37,39-42H2,1-3H3,(H,53,60)/b18-15-,27-25-,38-35+. The van der Waals surface area contributed by atoms with Crippen LogP contribution in [0.4, 0.5) is 0 Å². The third kappa shape index (κ3) is 30.7. The number of esters is 1. The normalized spacial score (nSPS) is 20.8. The molecule has 8 unspecified atom stereocenters. The molecule has 11 heteroatoms. The van der Waals surface area contributed by atoms with Gasteiger partial charge in [-0.15, -0.1) is 0 Å². The summed E-state index contributed by atoms with van der Waals surface area (Å²) in [6.45, 7) is 5.68. The maximum atomic E-state index is 13.3. The van der Waals surface area contributed by atoms with Crippen LogP contribution in [0.5, 0.6) is 0 Å². The third-order valence-corrected chi connectivity index (χ3v) is 12.0. The fourth-order valence-electron chi connectivity index (χ4n) is 7.80. The number of aliphatic hydroxyl groups excluding tert-OH is 5. The van der Waals surface area contributed by atoms with E-state index in [-0.39, 0.29) is 19.4 Å². The first-order valence-corrected chi connectivity index (χ1v) is 25.8. The van der Waals surface area contributed by atoms with Crippen molar-refractivity contribution in [1.29, 1.82) is 0 Å². The molecule has 1 rings (SSSR count). The highest BCUT2D eigenvalue weighted by Crippen LogP contribution is 2.26. The third-order valence-electron chi connectivity index (χ3n) is 12.0. The van der Waals surface area contributed by atoms with Gasteiger partial charge in [0, 0.05) is 6.42 Å². The topological polar surface area (TPSA) is 175 Å². The zero-order valence-electron chi connectivity index (χ0n) is 40.2. The summed E-state index contributed by atoms with van der Waals surface area (Å²) in [6, 6.07) is -1.03. The molecule has 0 spiro atoms. The number of rotatable bonds is 42. The van der Waals surface area contributed by atoms with Crippen molar-refractivity contribution in [3.8, 4) is 0 Å². The Morgan fingerprint density at radius 2 is 1.06 bits per heavy atom. The lowest BCUT2D eigenvalue weighted by Crippen LogP contribution is -2.61. The maximum Gasteiger partial charge on any atom is 0.306 e. The molecule has 1 fully saturated rings. The second-order valence-electron chi connectivity index (χ2n) is 17.9. The predicted molar refractivity (Wildman–Crippen MR) is 255 cm³/mol. The molecule has 11 nitrogen and oxygen atoms in total. The van der Waals surface area contributed by atoms with E-state index in [1.165, 1.54) is 96.3 Å². The van der Waals surface area contributed by atoms with Gasteiger partial charge in [-0.1, -0.05) is 179 Å². The minimum atomic E-state index is -1.61. The number of unbranched alkanes of at least 4 members (excludes halogenated alkanes) is 24. The van der Waals surface area contributed by atoms with Crippen molar-refractivity contribution in [2.24, 2.45) is 0 Å². The SMILES string of the molecule is CCCC/C=C\CCCCCCCC(=O)OC1C(OCC(NC(=O)C(O)CCCC/C=C\CCCCCCCC)C(O)/C=C/CCCCCCCCCCC)OC(CO)C(O)C1O. The number of carbonyl (C=O) groups excluding carboxylic acids is 2. The fraction of sp³-hybridized carbons (Fsp3) is 0.846. The van der Waals surface area contributed by atoms with E-state index in [1.807, 2.05) is 6.08 Å². The van der Waals surface area contributed by atoms with Crippen LogP contribution < -0.4 is 5.32 Å². The molecule has 1 aliphatic rings. The highest BCUT2D eigenvalue weighted by atomic mass is 16.7. The summed E-state index contributed by atoms with van der Waals surface area (Å²) < 4.78 is 17.5. The van der Waals surface area contributed by atoms with Gasteiger partial charge in [0.1, 0.15) is 24.4 Å². The number of ether oxygens (including phenoxy) is 3. The lowest BCUT2D eigenvalue weighted by atomic mass is 9.99. The second-order valence-corrected chi connectivity index (χ2v) is 17.9. The molecular weight excluding hydrogens is 799 g/mol. The predicted octanol–water partition coefficient (Wildman–Crippen LogP) is 10.4. The van der Waals surface area contributed by atoms with Crippen molar-refractivity contribution in [2.75, 3.05) is 13.2 Å². The Hall–Kier alpha value is -2.12. The maximum absolute atomic E-state index is 13.3. The van der Waals surface area contributed by atoms with Crippen molar-refractivity contribution in [1.82, 2.24) is 5.32 Å². The monoisotopic (exact) mass is 894 g/mol. The summed E-state index contributed by atoms with van der Waals surface area (Å²) in [5.41, 5.74) is 0. The first-order chi connectivity index (χ1) is 30.7. The number of allylic oxidation sites excluding steroid dienone is 5. The van der Waals surface area contributed by atoms with Crippen LogP contribution in [-0.4, -0.2) is 99.6 Å². The Labute approximate surface area is 383 Å². The van der Waals surface area contributed by atoms with Crippen molar-refractivity contribution in [2.45, 2.75) is 269 Å². The molecule has 0 bridgehead atoms. The van der Waals surface area contributed by atoms with E-state index in [4.69, 9.17) is 14.2 Å². The second kappa shape index (κ2) is 41.3. The Balaban J connectivity index is 2.81. The van der Waals surface area contributed by atoms with Crippen LogP contribution >= 0.6 is 0 Å². The van der Waals surface area contributed by atoms with E-state index < -0.39 is 67.4 Å². The largest absolute Gasteiger partial charge is 0.454 e. The van der Waals surface area contributed by atoms with Crippen LogP contribution in [0.3, 0.4) is 0 Å². The first-order valence-electron chi connectivity index (χ1n) is 25.8. The highest BCUT2D eigenvalue weighted by Gasteiger charge is 2.47. The number of hydrogen-bond donors (Lipinski definition) is 6. The van der Waals surface area contributed by atoms with Gasteiger partial charge in [0.2, 0.25) is 5.91 Å². The average Bonchev–Trinajstić information content (AvgIpc) is 3.28. The van der Waals surface area contributed by atoms with E-state index in [0.29, 0.717) is 12.8 Å². The van der Waals surface area contributed by atoms with Gasteiger partial charge >= 0.3 is 5.97 Å². The smallest absolute Gasteiger partial charge is 0.306 e. The number of carbonyl (C=O) groups is 2. The van der Waals surface area contributed by atoms with Crippen LogP contribution in [0, 0.1) is 0 Å². The number of hydrogen-bond acceptors (Lipinski definition) is 10. The molecule has 0 radical (unpaired) electrons. The molecule has 1 amide bonds. The summed E-state index contributed by atoms with van der Waals surface area (Å²) in [5.74, 6) is -1.22. The van der Waals surface area contributed by atoms with Crippen LogP contribution in [0.2, 0.25) is 0 Å². The van der Waals surface area contributed by atoms with Crippen molar-refractivity contribution < 1.29 is 49.3 Å². The van der Waals surface area contributed by atoms with Gasteiger partial charge in [-0.3, -0.25) is 9.59 Å². The van der Waals surface area contributed by atoms with Gasteiger partial charge in [-0.2, -0.15) is 0 Å². The highest BCUT2D eigenvalue weighted by molar-refractivity contribution is 5.80. The Bertz CT molecular complexity index is 1160. The van der Waals surface area contributed by atoms with E-state index in [2.05, 4.69) is 50.4 Å². The van der Waals surface area contributed by atoms with E-state index in [0.717, 1.165) is 77.0 Å². The molecule has 1 heterocycles. The van der Waals surface area contributed by atoms with Gasteiger partial charge in [0.15, 0.2) is 12.4 Å². The molecule has 8 atom stereocenters. The lowest BCUT2D eigenvalue weighted by Gasteiger charge is -2.41. The minimum absolute atomic E-state index is 0.112. The van der Waals surface area contributed by atoms with Gasteiger partial charge in [0.25, 0.3) is 0 Å². The van der Waals surface area contributed by atoms with Crippen molar-refractivity contribution in [3.63, 3.8) is 0 Å². The molecule has 0 aliphatic carbocycles.